The van der Waals surface area contributed by atoms with Gasteiger partial charge in [0.1, 0.15) is 0 Å². The summed E-state index contributed by atoms with van der Waals surface area (Å²) in [6, 6.07) is 0. The molecule has 11 heteroatoms. The van der Waals surface area contributed by atoms with E-state index in [0.29, 0.717) is 0 Å². The molecule has 0 saturated carbocycles. The predicted octanol–water partition coefficient (Wildman–Crippen LogP) is -3.23. The molecule has 0 bridgehead atoms. The predicted molar refractivity (Wildman–Crippen MR) is 43.9 cm³/mol. The van der Waals surface area contributed by atoms with Crippen LogP contribution in [0.4, 0.5) is 4.79 Å². The van der Waals surface area contributed by atoms with Crippen LogP contribution in [0.15, 0.2) is 0 Å². The molecular weight excluding hydrogens is 226 g/mol. The third-order valence-electron chi connectivity index (χ3n) is 0.403. The third kappa shape index (κ3) is 14.3. The first-order chi connectivity index (χ1) is 4.52. The van der Waals surface area contributed by atoms with Gasteiger partial charge in [-0.1, -0.05) is 0 Å². The summed E-state index contributed by atoms with van der Waals surface area (Å²) < 4.78 is 6.98. The minimum absolute atomic E-state index is 0. The first kappa shape index (κ1) is 19.4. The summed E-state index contributed by atoms with van der Waals surface area (Å²) in [6.07, 6.45) is -1.59. The largest absolute Gasteiger partial charge is 2.00 e. The van der Waals surface area contributed by atoms with Crippen LogP contribution in [-0.4, -0.2) is 116 Å². The van der Waals surface area contributed by atoms with Crippen LogP contribution in [0.5, 0.6) is 0 Å². The first-order valence-electron chi connectivity index (χ1n) is 2.12. The Morgan fingerprint density at radius 2 is 1.25 bits per heavy atom. The molecule has 0 aliphatic rings. The molecule has 0 heterocycles. The number of rotatable bonds is 2. The first-order valence-corrected chi connectivity index (χ1v) is 2.12. The van der Waals surface area contributed by atoms with Crippen molar-refractivity contribution in [3.05, 3.63) is 0 Å². The molecule has 0 atom stereocenters. The van der Waals surface area contributed by atoms with Crippen molar-refractivity contribution in [3.63, 3.8) is 0 Å². The zero-order valence-corrected chi connectivity index (χ0v) is 10.5. The topological polar surface area (TPSA) is 116 Å². The molecule has 0 aliphatic heterocycles. The van der Waals surface area contributed by atoms with Gasteiger partial charge >= 0.3 is 96.3 Å². The van der Waals surface area contributed by atoms with E-state index in [0.717, 1.165) is 0 Å². The van der Waals surface area contributed by atoms with Crippen LogP contribution in [0, 0.1) is 0 Å². The third-order valence-corrected chi connectivity index (χ3v) is 0.403. The average Bonchev–Trinajstić information content (AvgIpc) is 1.58. The van der Waals surface area contributed by atoms with Gasteiger partial charge in [-0.05, 0) is 0 Å². The number of hydrogen-bond acceptors (Lipinski definition) is 7. The molecule has 0 radical (unpaired) electrons. The molecule has 64 valence electrons. The maximum Gasteiger partial charge on any atom is 2.00 e. The second-order valence-corrected chi connectivity index (χ2v) is 1.14. The van der Waals surface area contributed by atoms with Crippen molar-refractivity contribution in [1.29, 1.82) is 0 Å². The molecule has 0 aromatic heterocycles. The van der Waals surface area contributed by atoms with Gasteiger partial charge in [0, 0.05) is 0 Å². The maximum absolute atomic E-state index is 9.98. The zero-order valence-electron chi connectivity index (χ0n) is 10.1. The van der Waals surface area contributed by atoms with E-state index in [1.165, 1.54) is 0 Å². The van der Waals surface area contributed by atoms with Gasteiger partial charge in [0.05, 0.1) is 0 Å². The summed E-state index contributed by atoms with van der Waals surface area (Å²) in [6.45, 7) is 0. The SMILES string of the molecule is O=C(OB(O)O)OB(O)O.[Ca+2].[Ca+2].[H-].[H-].[H-].[H-]. The molecule has 0 saturated heterocycles. The van der Waals surface area contributed by atoms with Crippen molar-refractivity contribution in [2.75, 3.05) is 0 Å². The van der Waals surface area contributed by atoms with Gasteiger partial charge in [0.2, 0.25) is 0 Å². The van der Waals surface area contributed by atoms with Gasteiger partial charge in [-0.2, -0.15) is 0 Å². The van der Waals surface area contributed by atoms with Crippen LogP contribution < -0.4 is 0 Å². The van der Waals surface area contributed by atoms with Crippen LogP contribution in [-0.2, 0) is 9.31 Å². The molecular formula is CH8B2Ca2O7. The molecule has 0 rings (SSSR count). The fourth-order valence-corrected chi connectivity index (χ4v) is 0.200. The molecule has 4 N–H and O–H groups in total. The Bertz CT molecular complexity index is 119. The van der Waals surface area contributed by atoms with Gasteiger partial charge in [-0.15, -0.1) is 0 Å². The van der Waals surface area contributed by atoms with E-state index in [1.807, 2.05) is 0 Å². The van der Waals surface area contributed by atoms with E-state index >= 15 is 0 Å². The van der Waals surface area contributed by atoms with Crippen LogP contribution in [0.25, 0.3) is 0 Å². The smallest absolute Gasteiger partial charge is 1.00 e. The molecule has 0 amide bonds. The van der Waals surface area contributed by atoms with Gasteiger partial charge in [0.15, 0.2) is 0 Å². The molecule has 12 heavy (non-hydrogen) atoms. The second kappa shape index (κ2) is 10.8. The minimum atomic E-state index is -2.33. The van der Waals surface area contributed by atoms with Crippen molar-refractivity contribution >= 4 is 96.3 Å². The quantitative estimate of drug-likeness (QED) is 0.371. The average molecular weight is 234 g/mol. The van der Waals surface area contributed by atoms with Crippen LogP contribution in [0.1, 0.15) is 5.71 Å². The van der Waals surface area contributed by atoms with Crippen molar-refractivity contribution in [3.8, 4) is 0 Å². The van der Waals surface area contributed by atoms with Gasteiger partial charge in [-0.3, -0.25) is 0 Å². The Balaban J connectivity index is -0.0000000270. The zero-order chi connectivity index (χ0) is 8.15. The molecule has 7 nitrogen and oxygen atoms in total. The van der Waals surface area contributed by atoms with Crippen LogP contribution in [0.2, 0.25) is 0 Å². The maximum atomic E-state index is 9.98. The fourth-order valence-electron chi connectivity index (χ4n) is 0.200. The summed E-state index contributed by atoms with van der Waals surface area (Å²) in [5.74, 6) is 0. The van der Waals surface area contributed by atoms with Crippen molar-refractivity contribution < 1.29 is 39.9 Å². The van der Waals surface area contributed by atoms with E-state index in [-0.39, 0.29) is 81.2 Å². The summed E-state index contributed by atoms with van der Waals surface area (Å²) in [7, 11) is -4.66. The monoisotopic (exact) mass is 234 g/mol. The van der Waals surface area contributed by atoms with E-state index in [9.17, 15) is 4.79 Å². The van der Waals surface area contributed by atoms with E-state index in [1.54, 1.807) is 0 Å². The Hall–Kier alpha value is 1.76. The Morgan fingerprint density at radius 3 is 1.42 bits per heavy atom. The number of hydrogen-bond donors (Lipinski definition) is 4. The van der Waals surface area contributed by atoms with Crippen molar-refractivity contribution in [2.24, 2.45) is 0 Å². The Kier molecular flexibility index (Phi) is 17.5. The summed E-state index contributed by atoms with van der Waals surface area (Å²) in [4.78, 5) is 9.98. The molecule has 0 fully saturated rings. The normalized spacial score (nSPS) is 7.00. The number of carbonyl (C=O) groups is 1. The standard InChI is InChI=1S/CH4B2O7.2Ca.4H/c4-1(9-2(5)6)10-3(7)8;;;;;;/h5-8H;;;;;;/q;2*+2;4*-1. The molecule has 0 aromatic carbocycles. The van der Waals surface area contributed by atoms with E-state index < -0.39 is 20.8 Å². The van der Waals surface area contributed by atoms with Gasteiger partial charge in [0.25, 0.3) is 0 Å². The molecule has 0 aliphatic carbocycles. The Morgan fingerprint density at radius 1 is 1.00 bits per heavy atom. The van der Waals surface area contributed by atoms with E-state index in [4.69, 9.17) is 20.1 Å². The van der Waals surface area contributed by atoms with E-state index in [2.05, 4.69) is 9.31 Å². The fraction of sp³-hybridized carbons (Fsp3) is 0. The molecule has 0 unspecified atom stereocenters. The molecule has 0 spiro atoms. The minimum Gasteiger partial charge on any atom is -1.00 e. The van der Waals surface area contributed by atoms with Gasteiger partial charge < -0.3 is 35.1 Å². The summed E-state index contributed by atoms with van der Waals surface area (Å²) >= 11 is 0. The second-order valence-electron chi connectivity index (χ2n) is 1.14. The van der Waals surface area contributed by atoms with Crippen LogP contribution >= 0.6 is 0 Å². The van der Waals surface area contributed by atoms with Crippen molar-refractivity contribution in [2.45, 2.75) is 0 Å². The van der Waals surface area contributed by atoms with Gasteiger partial charge in [-0.25, -0.2) is 4.79 Å². The Labute approximate surface area is 134 Å². The molecule has 0 aromatic rings. The van der Waals surface area contributed by atoms with Crippen molar-refractivity contribution in [1.82, 2.24) is 0 Å². The van der Waals surface area contributed by atoms with Crippen LogP contribution in [0.3, 0.4) is 0 Å². The number of carbonyl (C=O) groups excluding carboxylic acids is 1. The summed E-state index contributed by atoms with van der Waals surface area (Å²) in [5, 5.41) is 31.6. The summed E-state index contributed by atoms with van der Waals surface area (Å²) in [5.41, 5.74) is 0.